The Bertz CT molecular complexity index is 2690. The zero-order valence-corrected chi connectivity index (χ0v) is 46.6. The Hall–Kier alpha value is -7.76. The third kappa shape index (κ3) is 17.9. The summed E-state index contributed by atoms with van der Waals surface area (Å²) < 4.78 is 11.1. The molecule has 1 aliphatic heterocycles. The molecule has 1 heterocycles. The SMILES string of the molecule is CC(C)C[C@H](NC(=O)[C@H](CO)NC(=O)[C@H](CCC(N)=O)NC(=O)[C@@H](NC(=O)[C@H](CO)NC(=O)[C@H](C)NC(=O)[C@@H]1C[C@@H](O)CN1C(=O)CCCC(=O)OCc1ccccc1)C1CCCCC1)C(=O)OCC1c2ccccc2-c2ccccc21. The second-order valence-corrected chi connectivity index (χ2v) is 21.7. The number of hydrogen-bond donors (Lipinski definition) is 10. The number of rotatable bonds is 29. The van der Waals surface area contributed by atoms with Crippen LogP contribution in [0.15, 0.2) is 78.9 Å². The summed E-state index contributed by atoms with van der Waals surface area (Å²) in [6.07, 6.45) is 1.22. The van der Waals surface area contributed by atoms with E-state index in [2.05, 4.69) is 31.9 Å². The van der Waals surface area contributed by atoms with Crippen LogP contribution in [0.3, 0.4) is 0 Å². The maximum Gasteiger partial charge on any atom is 0.328 e. The fourth-order valence-electron chi connectivity index (χ4n) is 10.6. The number of aliphatic hydroxyl groups excluding tert-OH is 3. The van der Waals surface area contributed by atoms with Gasteiger partial charge in [0.2, 0.25) is 47.3 Å². The van der Waals surface area contributed by atoms with Crippen molar-refractivity contribution < 1.29 is 72.7 Å². The van der Waals surface area contributed by atoms with Gasteiger partial charge in [-0.05, 0) is 78.7 Å². The Morgan fingerprint density at radius 3 is 1.80 bits per heavy atom. The van der Waals surface area contributed by atoms with Crippen molar-refractivity contribution in [1.82, 2.24) is 36.8 Å². The van der Waals surface area contributed by atoms with E-state index in [4.69, 9.17) is 15.2 Å². The maximum atomic E-state index is 14.3. The summed E-state index contributed by atoms with van der Waals surface area (Å²) in [5, 5.41) is 46.3. The first-order chi connectivity index (χ1) is 39.3. The summed E-state index contributed by atoms with van der Waals surface area (Å²) in [4.78, 5) is 136. The number of primary amides is 1. The number of β-amino-alcohol motifs (C(OH)–C–C–N with tert-alkyl or cyclic N) is 1. The highest BCUT2D eigenvalue weighted by Gasteiger charge is 2.41. The molecule has 6 rings (SSSR count). The summed E-state index contributed by atoms with van der Waals surface area (Å²) in [5.74, 6) is -8.98. The van der Waals surface area contributed by atoms with E-state index in [1.807, 2.05) is 80.6 Å². The molecule has 0 unspecified atom stereocenters. The van der Waals surface area contributed by atoms with Crippen LogP contribution < -0.4 is 37.6 Å². The van der Waals surface area contributed by atoms with E-state index in [0.29, 0.717) is 25.7 Å². The predicted octanol–water partition coefficient (Wildman–Crippen LogP) is 1.02. The molecular weight excluding hydrogens is 1060 g/mol. The van der Waals surface area contributed by atoms with E-state index >= 15 is 0 Å². The molecule has 2 fully saturated rings. The van der Waals surface area contributed by atoms with Crippen LogP contribution in [0, 0.1) is 11.8 Å². The van der Waals surface area contributed by atoms with Gasteiger partial charge in [0.25, 0.3) is 0 Å². The maximum absolute atomic E-state index is 14.3. The number of carbonyl (C=O) groups excluding carboxylic acids is 10. The van der Waals surface area contributed by atoms with Crippen LogP contribution in [0.4, 0.5) is 0 Å². The number of benzene rings is 3. The Morgan fingerprint density at radius 1 is 0.634 bits per heavy atom. The summed E-state index contributed by atoms with van der Waals surface area (Å²) in [7, 11) is 0. The van der Waals surface area contributed by atoms with Gasteiger partial charge < -0.3 is 67.3 Å². The zero-order chi connectivity index (χ0) is 59.5. The molecule has 0 radical (unpaired) electrons. The summed E-state index contributed by atoms with van der Waals surface area (Å²) in [6, 6.07) is 14.7. The Morgan fingerprint density at radius 2 is 1.20 bits per heavy atom. The van der Waals surface area contributed by atoms with Crippen molar-refractivity contribution in [3.63, 3.8) is 0 Å². The fourth-order valence-corrected chi connectivity index (χ4v) is 10.6. The van der Waals surface area contributed by atoms with Crippen molar-refractivity contribution in [2.45, 2.75) is 159 Å². The number of aliphatic hydroxyl groups is 3. The van der Waals surface area contributed by atoms with Crippen LogP contribution in [-0.2, 0) is 64.0 Å². The standard InChI is InChI=1S/C59H78N8O15/c1-34(2)27-45(59(80)82-33-43-41-21-12-10-19-39(41)40-20-11-13-22-42(40)43)63-55(76)46(30-68)65-54(75)44(25-26-49(60)71)62-58(79)52(37-17-8-5-9-18-37)66-56(77)47(31-69)64-53(74)35(3)61-57(78)48-28-38(70)29-67(48)50(72)23-14-24-51(73)81-32-36-15-6-4-7-16-36/h4,6-7,10-13,15-16,19-22,34-35,37-38,43-48,52,68-70H,5,8-9,14,17-18,23-33H2,1-3H3,(H2,60,71)(H,61,78)(H,62,79)(H,63,76)(H,64,74)(H,65,75)(H,66,77)/t35-,38+,44-,45-,46-,47-,48-,52-/m0/s1. The quantitative estimate of drug-likeness (QED) is 0.0434. The molecule has 0 aromatic heterocycles. The molecule has 3 aromatic carbocycles. The second kappa shape index (κ2) is 30.9. The summed E-state index contributed by atoms with van der Waals surface area (Å²) in [6.45, 7) is 2.97. The van der Waals surface area contributed by atoms with Crippen LogP contribution in [0.5, 0.6) is 0 Å². The fraction of sp³-hybridized carbons (Fsp3) is 0.525. The van der Waals surface area contributed by atoms with Crippen molar-refractivity contribution >= 4 is 59.2 Å². The molecule has 3 aliphatic rings. The van der Waals surface area contributed by atoms with Gasteiger partial charge in [0.1, 0.15) is 55.5 Å². The normalized spacial score (nSPS) is 18.0. The van der Waals surface area contributed by atoms with Crippen LogP contribution in [0.25, 0.3) is 11.1 Å². The van der Waals surface area contributed by atoms with Gasteiger partial charge in [0, 0.05) is 38.1 Å². The molecule has 0 spiro atoms. The molecule has 8 amide bonds. The largest absolute Gasteiger partial charge is 0.463 e. The van der Waals surface area contributed by atoms with Gasteiger partial charge in [-0.1, -0.05) is 112 Å². The number of nitrogens with zero attached hydrogens (tertiary/aromatic N) is 1. The third-order valence-electron chi connectivity index (χ3n) is 15.0. The lowest BCUT2D eigenvalue weighted by atomic mass is 9.83. The van der Waals surface area contributed by atoms with Crippen molar-refractivity contribution in [3.8, 4) is 11.1 Å². The number of amides is 8. The number of nitrogens with two attached hydrogens (primary N) is 1. The highest BCUT2D eigenvalue weighted by atomic mass is 16.5. The average Bonchev–Trinajstić information content (AvgIpc) is 4.27. The van der Waals surface area contributed by atoms with Crippen LogP contribution in [0.1, 0.15) is 120 Å². The molecule has 3 aromatic rings. The lowest BCUT2D eigenvalue weighted by molar-refractivity contribution is -0.149. The van der Waals surface area contributed by atoms with Crippen molar-refractivity contribution in [3.05, 3.63) is 95.6 Å². The van der Waals surface area contributed by atoms with Crippen molar-refractivity contribution in [2.75, 3.05) is 26.4 Å². The van der Waals surface area contributed by atoms with Crippen LogP contribution in [-0.4, -0.2) is 154 Å². The molecule has 23 nitrogen and oxygen atoms in total. The van der Waals surface area contributed by atoms with Gasteiger partial charge in [-0.3, -0.25) is 43.2 Å². The molecule has 11 N–H and O–H groups in total. The number of carbonyl (C=O) groups is 10. The molecular formula is C59H78N8O15. The minimum absolute atomic E-state index is 0.0191. The van der Waals surface area contributed by atoms with Crippen molar-refractivity contribution in [2.24, 2.45) is 17.6 Å². The molecule has 23 heteroatoms. The molecule has 444 valence electrons. The topological polar surface area (TPSA) is 351 Å². The first-order valence-corrected chi connectivity index (χ1v) is 28.1. The lowest BCUT2D eigenvalue weighted by Crippen LogP contribution is -2.62. The molecule has 82 heavy (non-hydrogen) atoms. The third-order valence-corrected chi connectivity index (χ3v) is 15.0. The smallest absolute Gasteiger partial charge is 0.328 e. The summed E-state index contributed by atoms with van der Waals surface area (Å²) in [5.41, 5.74) is 10.3. The monoisotopic (exact) mass is 1140 g/mol. The Balaban J connectivity index is 1.04. The first kappa shape index (κ1) is 63.4. The van der Waals surface area contributed by atoms with Gasteiger partial charge in [-0.15, -0.1) is 0 Å². The highest BCUT2D eigenvalue weighted by Crippen LogP contribution is 2.44. The zero-order valence-electron chi connectivity index (χ0n) is 46.6. The van der Waals surface area contributed by atoms with E-state index in [0.717, 1.165) is 34.2 Å². The number of nitrogens with one attached hydrogen (secondary N) is 6. The van der Waals surface area contributed by atoms with Gasteiger partial charge in [-0.2, -0.15) is 0 Å². The van der Waals surface area contributed by atoms with Crippen molar-refractivity contribution in [1.29, 1.82) is 0 Å². The van der Waals surface area contributed by atoms with Gasteiger partial charge in [0.15, 0.2) is 0 Å². The minimum atomic E-state index is -1.66. The number of hydrogen-bond acceptors (Lipinski definition) is 15. The van der Waals surface area contributed by atoms with Crippen LogP contribution in [0.2, 0.25) is 0 Å². The Kier molecular flexibility index (Phi) is 23.9. The molecule has 1 saturated carbocycles. The molecule has 1 saturated heterocycles. The highest BCUT2D eigenvalue weighted by molar-refractivity contribution is 5.98. The first-order valence-electron chi connectivity index (χ1n) is 28.1. The van der Waals surface area contributed by atoms with E-state index in [1.54, 1.807) is 12.1 Å². The number of fused-ring (bicyclic) bond motifs is 3. The molecule has 2 aliphatic carbocycles. The predicted molar refractivity (Wildman–Crippen MR) is 297 cm³/mol. The second-order valence-electron chi connectivity index (χ2n) is 21.7. The van der Waals surface area contributed by atoms with Gasteiger partial charge >= 0.3 is 11.9 Å². The minimum Gasteiger partial charge on any atom is -0.463 e. The number of ether oxygens (including phenoxy) is 2. The molecule has 8 atom stereocenters. The van der Waals surface area contributed by atoms with Crippen LogP contribution >= 0.6 is 0 Å². The lowest BCUT2D eigenvalue weighted by Gasteiger charge is -2.32. The number of esters is 2. The number of likely N-dealkylation sites (tertiary alicyclic amines) is 1. The Labute approximate surface area is 476 Å². The van der Waals surface area contributed by atoms with Gasteiger partial charge in [-0.25, -0.2) is 4.79 Å². The van der Waals surface area contributed by atoms with E-state index in [1.165, 1.54) is 11.8 Å². The average molecular weight is 1140 g/mol. The van der Waals surface area contributed by atoms with Gasteiger partial charge in [0.05, 0.1) is 19.3 Å². The van der Waals surface area contributed by atoms with E-state index in [-0.39, 0.29) is 70.1 Å². The molecule has 0 bridgehead atoms. The van der Waals surface area contributed by atoms with E-state index in [9.17, 15) is 63.3 Å². The summed E-state index contributed by atoms with van der Waals surface area (Å²) >= 11 is 0. The van der Waals surface area contributed by atoms with E-state index < -0.39 is 133 Å².